The Hall–Kier alpha value is -3.74. The predicted octanol–water partition coefficient (Wildman–Crippen LogP) is 3.97. The first-order valence-electron chi connectivity index (χ1n) is 12.1. The molecule has 0 unspecified atom stereocenters. The lowest BCUT2D eigenvalue weighted by Crippen LogP contribution is -2.31. The lowest BCUT2D eigenvalue weighted by molar-refractivity contribution is -0.139. The van der Waals surface area contributed by atoms with Crippen LogP contribution in [0.15, 0.2) is 54.6 Å². The van der Waals surface area contributed by atoms with Crippen LogP contribution in [0.1, 0.15) is 37.3 Å². The second-order valence-corrected chi connectivity index (χ2v) is 9.46. The van der Waals surface area contributed by atoms with Crippen molar-refractivity contribution in [2.75, 3.05) is 16.3 Å². The Balaban J connectivity index is 1.27. The number of esters is 1. The summed E-state index contributed by atoms with van der Waals surface area (Å²) >= 11 is 0. The maximum atomic E-state index is 12.9. The van der Waals surface area contributed by atoms with Crippen LogP contribution in [0.4, 0.5) is 11.4 Å². The molecule has 7 heteroatoms. The van der Waals surface area contributed by atoms with Gasteiger partial charge in [-0.15, -0.1) is 0 Å². The van der Waals surface area contributed by atoms with Gasteiger partial charge < -0.3 is 9.64 Å². The van der Waals surface area contributed by atoms with E-state index in [9.17, 15) is 19.2 Å². The molecule has 180 valence electrons. The van der Waals surface area contributed by atoms with Crippen LogP contribution in [0.5, 0.6) is 5.75 Å². The maximum absolute atomic E-state index is 12.9. The molecular weight excluding hydrogens is 444 g/mol. The number of carbonyl (C=O) groups excluding carboxylic acids is 4. The van der Waals surface area contributed by atoms with Gasteiger partial charge in [0.05, 0.1) is 23.4 Å². The topological polar surface area (TPSA) is 84.0 Å². The van der Waals surface area contributed by atoms with E-state index in [1.807, 2.05) is 36.4 Å². The molecule has 3 atom stereocenters. The normalized spacial score (nSPS) is 23.7. The number of rotatable bonds is 5. The Morgan fingerprint density at radius 2 is 1.63 bits per heavy atom. The fraction of sp³-hybridized carbons (Fsp3) is 0.357. The van der Waals surface area contributed by atoms with Gasteiger partial charge in [0.2, 0.25) is 17.7 Å². The third-order valence-electron chi connectivity index (χ3n) is 7.25. The molecule has 0 spiro atoms. The van der Waals surface area contributed by atoms with E-state index in [0.717, 1.165) is 12.1 Å². The van der Waals surface area contributed by atoms with Crippen molar-refractivity contribution in [1.29, 1.82) is 0 Å². The number of hydrogen-bond donors (Lipinski definition) is 0. The number of anilines is 2. The van der Waals surface area contributed by atoms with Gasteiger partial charge in [0.15, 0.2) is 0 Å². The van der Waals surface area contributed by atoms with E-state index in [4.69, 9.17) is 4.74 Å². The summed E-state index contributed by atoms with van der Waals surface area (Å²) in [7, 11) is 0. The lowest BCUT2D eigenvalue weighted by Gasteiger charge is -2.19. The van der Waals surface area contributed by atoms with E-state index < -0.39 is 11.9 Å². The molecule has 2 saturated heterocycles. The summed E-state index contributed by atoms with van der Waals surface area (Å²) < 4.78 is 5.60. The monoisotopic (exact) mass is 472 g/mol. The van der Waals surface area contributed by atoms with Crippen molar-refractivity contribution < 1.29 is 23.9 Å². The van der Waals surface area contributed by atoms with Crippen LogP contribution in [-0.4, -0.2) is 30.2 Å². The molecule has 3 amide bonds. The van der Waals surface area contributed by atoms with E-state index in [-0.39, 0.29) is 42.5 Å². The fourth-order valence-corrected chi connectivity index (χ4v) is 5.21. The van der Waals surface area contributed by atoms with Crippen molar-refractivity contribution in [2.24, 2.45) is 17.8 Å². The van der Waals surface area contributed by atoms with Gasteiger partial charge >= 0.3 is 5.97 Å². The zero-order valence-corrected chi connectivity index (χ0v) is 19.9. The lowest BCUT2D eigenvalue weighted by atomic mass is 9.85. The quantitative estimate of drug-likeness (QED) is 0.285. The summed E-state index contributed by atoms with van der Waals surface area (Å²) in [5.41, 5.74) is 3.15. The Morgan fingerprint density at radius 1 is 0.971 bits per heavy atom. The number of nitrogens with zero attached hydrogens (tertiary/aromatic N) is 2. The number of benzene rings is 2. The van der Waals surface area contributed by atoms with Gasteiger partial charge in [0, 0.05) is 18.7 Å². The van der Waals surface area contributed by atoms with Crippen LogP contribution < -0.4 is 14.5 Å². The van der Waals surface area contributed by atoms with Crippen LogP contribution in [0.25, 0.3) is 0 Å². The third kappa shape index (κ3) is 4.16. The number of carbonyl (C=O) groups is 4. The van der Waals surface area contributed by atoms with E-state index in [1.54, 1.807) is 30.0 Å². The minimum Gasteiger partial charge on any atom is -0.426 e. The molecule has 2 aromatic carbocycles. The van der Waals surface area contributed by atoms with E-state index in [0.29, 0.717) is 29.8 Å². The van der Waals surface area contributed by atoms with Crippen LogP contribution in [-0.2, 0) is 25.6 Å². The number of imide groups is 1. The molecule has 2 aliphatic heterocycles. The highest BCUT2D eigenvalue weighted by Gasteiger charge is 2.48. The standard InChI is InChI=1S/C28H28N2O5/c1-3-18-8-10-20(11-9-18)29-16-19(15-25(29)31)28(34)35-21-12-13-24(17(2)14-21)30-26(32)22-6-4-5-7-23(22)27(30)33/h4-5,8-14,19,22-23H,3,6-7,15-16H2,1-2H3/t19-,22-,23+/m0/s1. The first-order chi connectivity index (χ1) is 16.9. The smallest absolute Gasteiger partial charge is 0.316 e. The van der Waals surface area contributed by atoms with Crippen molar-refractivity contribution in [3.05, 3.63) is 65.7 Å². The molecule has 0 N–H and O–H groups in total. The van der Waals surface area contributed by atoms with Gasteiger partial charge in [0.1, 0.15) is 5.75 Å². The molecule has 0 radical (unpaired) electrons. The van der Waals surface area contributed by atoms with Crippen LogP contribution in [0.3, 0.4) is 0 Å². The summed E-state index contributed by atoms with van der Waals surface area (Å²) in [5, 5.41) is 0. The molecule has 3 aliphatic rings. The summed E-state index contributed by atoms with van der Waals surface area (Å²) in [5.74, 6) is -1.76. The van der Waals surface area contributed by atoms with Gasteiger partial charge in [-0.3, -0.25) is 19.2 Å². The Morgan fingerprint density at radius 3 is 2.23 bits per heavy atom. The summed E-state index contributed by atoms with van der Waals surface area (Å²) in [6.45, 7) is 4.13. The Labute approximate surface area is 204 Å². The third-order valence-corrected chi connectivity index (χ3v) is 7.25. The van der Waals surface area contributed by atoms with Crippen molar-refractivity contribution in [3.8, 4) is 5.75 Å². The number of ether oxygens (including phenoxy) is 1. The minimum absolute atomic E-state index is 0.0963. The molecule has 2 aromatic rings. The number of aryl methyl sites for hydroxylation is 2. The van der Waals surface area contributed by atoms with Gasteiger partial charge in [-0.2, -0.15) is 0 Å². The number of fused-ring (bicyclic) bond motifs is 1. The van der Waals surface area contributed by atoms with Crippen LogP contribution in [0, 0.1) is 24.7 Å². The first kappa shape index (κ1) is 23.0. The van der Waals surface area contributed by atoms with Crippen molar-refractivity contribution in [1.82, 2.24) is 0 Å². The second kappa shape index (κ2) is 9.13. The number of amides is 3. The molecule has 7 nitrogen and oxygen atoms in total. The van der Waals surface area contributed by atoms with E-state index in [2.05, 4.69) is 6.92 Å². The minimum atomic E-state index is -0.564. The summed E-state index contributed by atoms with van der Waals surface area (Å²) in [4.78, 5) is 54.1. The first-order valence-corrected chi connectivity index (χ1v) is 12.1. The van der Waals surface area contributed by atoms with E-state index in [1.165, 1.54) is 10.5 Å². The number of hydrogen-bond acceptors (Lipinski definition) is 5. The number of allylic oxidation sites excluding steroid dienone is 2. The predicted molar refractivity (Wildman–Crippen MR) is 131 cm³/mol. The molecule has 5 rings (SSSR count). The maximum Gasteiger partial charge on any atom is 0.316 e. The SMILES string of the molecule is CCc1ccc(N2C[C@@H](C(=O)Oc3ccc(N4C(=O)[C@H]5CC=CC[C@H]5C4=O)c(C)c3)CC2=O)cc1. The van der Waals surface area contributed by atoms with Gasteiger partial charge in [-0.25, -0.2) is 4.90 Å². The molecule has 0 bridgehead atoms. The summed E-state index contributed by atoms with van der Waals surface area (Å²) in [6, 6.07) is 12.7. The Kier molecular flexibility index (Phi) is 6.01. The molecule has 2 fully saturated rings. The average Bonchev–Trinajstić information content (AvgIpc) is 3.37. The van der Waals surface area contributed by atoms with Crippen molar-refractivity contribution in [2.45, 2.75) is 39.5 Å². The highest BCUT2D eigenvalue weighted by atomic mass is 16.5. The van der Waals surface area contributed by atoms with Gasteiger partial charge in [-0.05, 0) is 67.6 Å². The zero-order valence-electron chi connectivity index (χ0n) is 19.9. The van der Waals surface area contributed by atoms with Gasteiger partial charge in [-0.1, -0.05) is 31.2 Å². The molecule has 2 heterocycles. The molecule has 35 heavy (non-hydrogen) atoms. The zero-order chi connectivity index (χ0) is 24.7. The van der Waals surface area contributed by atoms with Crippen molar-refractivity contribution >= 4 is 35.1 Å². The second-order valence-electron chi connectivity index (χ2n) is 9.46. The van der Waals surface area contributed by atoms with Crippen LogP contribution >= 0.6 is 0 Å². The van der Waals surface area contributed by atoms with Crippen LogP contribution in [0.2, 0.25) is 0 Å². The molecule has 0 saturated carbocycles. The Bertz CT molecular complexity index is 1210. The molecule has 0 aromatic heterocycles. The van der Waals surface area contributed by atoms with E-state index >= 15 is 0 Å². The highest BCUT2D eigenvalue weighted by Crippen LogP contribution is 2.39. The molecule has 1 aliphatic carbocycles. The fourth-order valence-electron chi connectivity index (χ4n) is 5.21. The largest absolute Gasteiger partial charge is 0.426 e. The average molecular weight is 473 g/mol. The van der Waals surface area contributed by atoms with Crippen molar-refractivity contribution in [3.63, 3.8) is 0 Å². The van der Waals surface area contributed by atoms with Gasteiger partial charge in [0.25, 0.3) is 0 Å². The highest BCUT2D eigenvalue weighted by molar-refractivity contribution is 6.22. The molecular formula is C28H28N2O5. The summed E-state index contributed by atoms with van der Waals surface area (Å²) in [6.07, 6.45) is 6.10.